The number of carbonyl (C=O) groups is 2. The summed E-state index contributed by atoms with van der Waals surface area (Å²) >= 11 is 0. The van der Waals surface area contributed by atoms with Crippen molar-refractivity contribution in [1.29, 1.82) is 0 Å². The van der Waals surface area contributed by atoms with Gasteiger partial charge in [-0.3, -0.25) is 9.59 Å². The van der Waals surface area contributed by atoms with Crippen molar-refractivity contribution in [2.45, 2.75) is 32.1 Å². The molecule has 1 saturated carbocycles. The largest absolute Gasteiger partial charge is 0.496 e. The molecule has 1 amide bonds. The molecule has 0 spiro atoms. The fourth-order valence-corrected chi connectivity index (χ4v) is 3.73. The van der Waals surface area contributed by atoms with Gasteiger partial charge in [-0.05, 0) is 56.5 Å². The molecule has 1 aliphatic rings. The van der Waals surface area contributed by atoms with Gasteiger partial charge in [0, 0.05) is 5.56 Å². The molecule has 0 unspecified atom stereocenters. The van der Waals surface area contributed by atoms with Crippen LogP contribution in [0.2, 0.25) is 0 Å². The first-order valence-electron chi connectivity index (χ1n) is 9.98. The van der Waals surface area contributed by atoms with Gasteiger partial charge < -0.3 is 10.1 Å². The molecule has 5 heteroatoms. The number of ether oxygens (including phenoxy) is 1. The maximum Gasteiger partial charge on any atom is 0.236 e. The summed E-state index contributed by atoms with van der Waals surface area (Å²) in [6.45, 7) is 3.80. The quantitative estimate of drug-likeness (QED) is 0.614. The van der Waals surface area contributed by atoms with Crippen LogP contribution in [0.5, 0.6) is 5.75 Å². The molecule has 1 fully saturated rings. The molecule has 1 N–H and O–H groups in total. The van der Waals surface area contributed by atoms with Gasteiger partial charge in [0.15, 0.2) is 5.78 Å². The summed E-state index contributed by atoms with van der Waals surface area (Å²) in [6.07, 6.45) is 1.65. The lowest BCUT2D eigenvalue weighted by Gasteiger charge is -2.16. The van der Waals surface area contributed by atoms with E-state index in [1.807, 2.05) is 37.3 Å². The zero-order valence-corrected chi connectivity index (χ0v) is 17.4. The van der Waals surface area contributed by atoms with Gasteiger partial charge in [-0.25, -0.2) is 4.98 Å². The van der Waals surface area contributed by atoms with Crippen LogP contribution < -0.4 is 10.1 Å². The zero-order chi connectivity index (χ0) is 21.3. The van der Waals surface area contributed by atoms with E-state index in [9.17, 15) is 9.59 Å². The molecule has 1 heterocycles. The zero-order valence-electron chi connectivity index (χ0n) is 17.4. The Hall–Kier alpha value is -3.47. The highest BCUT2D eigenvalue weighted by molar-refractivity contribution is 6.11. The molecule has 152 valence electrons. The van der Waals surface area contributed by atoms with E-state index in [2.05, 4.69) is 10.3 Å². The van der Waals surface area contributed by atoms with Crippen LogP contribution in [0.4, 0.5) is 5.82 Å². The third-order valence-corrected chi connectivity index (χ3v) is 5.71. The lowest BCUT2D eigenvalue weighted by Crippen LogP contribution is -2.28. The van der Waals surface area contributed by atoms with Gasteiger partial charge in [0.2, 0.25) is 5.91 Å². The number of anilines is 1. The Morgan fingerprint density at radius 1 is 0.933 bits per heavy atom. The monoisotopic (exact) mass is 400 g/mol. The molecule has 30 heavy (non-hydrogen) atoms. The Bertz CT molecular complexity index is 1120. The molecular formula is C25H24N2O3. The number of hydrogen-bond donors (Lipinski definition) is 1. The van der Waals surface area contributed by atoms with Crippen LogP contribution in [0.1, 0.15) is 45.6 Å². The number of ketones is 1. The molecule has 0 atom stereocenters. The van der Waals surface area contributed by atoms with E-state index in [0.717, 1.165) is 18.4 Å². The summed E-state index contributed by atoms with van der Waals surface area (Å²) in [5, 5.41) is 2.94. The van der Waals surface area contributed by atoms with Crippen molar-refractivity contribution in [3.05, 3.63) is 88.6 Å². The van der Waals surface area contributed by atoms with Crippen LogP contribution >= 0.6 is 0 Å². The Morgan fingerprint density at radius 2 is 1.63 bits per heavy atom. The average Bonchev–Trinajstić information content (AvgIpc) is 3.56. The van der Waals surface area contributed by atoms with E-state index in [1.165, 1.54) is 12.7 Å². The van der Waals surface area contributed by atoms with Crippen LogP contribution in [0.3, 0.4) is 0 Å². The standard InChI is InChI=1S/C25H24N2O3/c1-16-8-10-18(11-9-16)25(14-15-25)24(29)27-22-13-12-19(17(2)26-22)23(28)20-6-4-5-7-21(20)30-3/h4-13H,14-15H2,1-3H3,(H,26,27,29). The van der Waals surface area contributed by atoms with Gasteiger partial charge in [-0.2, -0.15) is 0 Å². The summed E-state index contributed by atoms with van der Waals surface area (Å²) in [6, 6.07) is 18.6. The SMILES string of the molecule is COc1ccccc1C(=O)c1ccc(NC(=O)C2(c3ccc(C)cc3)CC2)nc1C. The first kappa shape index (κ1) is 19.8. The summed E-state index contributed by atoms with van der Waals surface area (Å²) in [7, 11) is 1.54. The molecule has 5 nitrogen and oxygen atoms in total. The first-order valence-corrected chi connectivity index (χ1v) is 9.98. The number of aryl methyl sites for hydroxylation is 2. The van der Waals surface area contributed by atoms with Crippen LogP contribution in [0, 0.1) is 13.8 Å². The lowest BCUT2D eigenvalue weighted by molar-refractivity contribution is -0.118. The van der Waals surface area contributed by atoms with E-state index >= 15 is 0 Å². The Balaban J connectivity index is 1.54. The minimum absolute atomic E-state index is 0.0536. The third-order valence-electron chi connectivity index (χ3n) is 5.71. The summed E-state index contributed by atoms with van der Waals surface area (Å²) in [5.41, 5.74) is 3.25. The Morgan fingerprint density at radius 3 is 2.27 bits per heavy atom. The van der Waals surface area contributed by atoms with Crippen LogP contribution in [0.25, 0.3) is 0 Å². The lowest BCUT2D eigenvalue weighted by atomic mass is 9.94. The van der Waals surface area contributed by atoms with Gasteiger partial charge in [-0.1, -0.05) is 42.0 Å². The second kappa shape index (κ2) is 7.75. The van der Waals surface area contributed by atoms with Crippen molar-refractivity contribution in [2.75, 3.05) is 12.4 Å². The van der Waals surface area contributed by atoms with Crippen LogP contribution in [0.15, 0.2) is 60.7 Å². The number of amides is 1. The van der Waals surface area contributed by atoms with Crippen LogP contribution in [-0.2, 0) is 10.2 Å². The van der Waals surface area contributed by atoms with Gasteiger partial charge in [0.05, 0.1) is 23.8 Å². The molecule has 1 aliphatic carbocycles. The molecular weight excluding hydrogens is 376 g/mol. The molecule has 0 saturated heterocycles. The average molecular weight is 400 g/mol. The van der Waals surface area contributed by atoms with Crippen molar-refractivity contribution in [1.82, 2.24) is 4.98 Å². The van der Waals surface area contributed by atoms with E-state index in [4.69, 9.17) is 4.74 Å². The smallest absolute Gasteiger partial charge is 0.236 e. The molecule has 0 bridgehead atoms. The number of nitrogens with one attached hydrogen (secondary N) is 1. The van der Waals surface area contributed by atoms with Gasteiger partial charge in [0.1, 0.15) is 11.6 Å². The number of nitrogens with zero attached hydrogens (tertiary/aromatic N) is 1. The third kappa shape index (κ3) is 3.59. The molecule has 3 aromatic rings. The fraction of sp³-hybridized carbons (Fsp3) is 0.240. The van der Waals surface area contributed by atoms with Crippen molar-refractivity contribution in [3.63, 3.8) is 0 Å². The fourth-order valence-electron chi connectivity index (χ4n) is 3.73. The van der Waals surface area contributed by atoms with Crippen molar-refractivity contribution in [2.24, 2.45) is 0 Å². The minimum atomic E-state index is -0.477. The van der Waals surface area contributed by atoms with Gasteiger partial charge >= 0.3 is 0 Å². The van der Waals surface area contributed by atoms with E-state index < -0.39 is 5.41 Å². The Labute approximate surface area is 176 Å². The second-order valence-corrected chi connectivity index (χ2v) is 7.76. The predicted octanol–water partition coefficient (Wildman–Crippen LogP) is 4.61. The second-order valence-electron chi connectivity index (χ2n) is 7.76. The topological polar surface area (TPSA) is 68.3 Å². The van der Waals surface area contributed by atoms with Crippen molar-refractivity contribution in [3.8, 4) is 5.75 Å². The highest BCUT2D eigenvalue weighted by atomic mass is 16.5. The van der Waals surface area contributed by atoms with Gasteiger partial charge in [0.25, 0.3) is 0 Å². The minimum Gasteiger partial charge on any atom is -0.496 e. The maximum atomic E-state index is 13.0. The molecule has 2 aromatic carbocycles. The summed E-state index contributed by atoms with van der Waals surface area (Å²) < 4.78 is 5.30. The highest BCUT2D eigenvalue weighted by Crippen LogP contribution is 2.49. The number of benzene rings is 2. The summed E-state index contributed by atoms with van der Waals surface area (Å²) in [4.78, 5) is 30.4. The number of rotatable bonds is 6. The number of hydrogen-bond acceptors (Lipinski definition) is 4. The van der Waals surface area contributed by atoms with Crippen molar-refractivity contribution < 1.29 is 14.3 Å². The molecule has 0 radical (unpaired) electrons. The molecule has 4 rings (SSSR count). The molecule has 0 aliphatic heterocycles. The van der Waals surface area contributed by atoms with Crippen LogP contribution in [-0.4, -0.2) is 23.8 Å². The summed E-state index contributed by atoms with van der Waals surface area (Å²) in [5.74, 6) is 0.760. The molecule has 1 aromatic heterocycles. The number of carbonyl (C=O) groups excluding carboxylic acids is 2. The van der Waals surface area contributed by atoms with Gasteiger partial charge in [-0.15, -0.1) is 0 Å². The normalized spacial score (nSPS) is 14.1. The van der Waals surface area contributed by atoms with E-state index in [0.29, 0.717) is 28.4 Å². The number of methoxy groups -OCH3 is 1. The Kier molecular flexibility index (Phi) is 5.12. The number of para-hydroxylation sites is 1. The highest BCUT2D eigenvalue weighted by Gasteiger charge is 2.51. The predicted molar refractivity (Wildman–Crippen MR) is 116 cm³/mol. The van der Waals surface area contributed by atoms with Crippen molar-refractivity contribution >= 4 is 17.5 Å². The van der Waals surface area contributed by atoms with E-state index in [-0.39, 0.29) is 11.7 Å². The maximum absolute atomic E-state index is 13.0. The first-order chi connectivity index (χ1) is 14.4. The number of aromatic nitrogens is 1. The number of pyridine rings is 1. The van der Waals surface area contributed by atoms with E-state index in [1.54, 1.807) is 37.3 Å².